The number of carbonyl (C=O) groups is 1. The summed E-state index contributed by atoms with van der Waals surface area (Å²) in [6, 6.07) is 0. The molecule has 0 aliphatic carbocycles. The molecule has 100 valence electrons. The molecular formula is C12H18ClN3O2. The molecule has 2 heterocycles. The van der Waals surface area contributed by atoms with Crippen molar-refractivity contribution in [3.05, 3.63) is 16.4 Å². The average Bonchev–Trinajstić information content (AvgIpc) is 2.57. The number of rotatable bonds is 3. The van der Waals surface area contributed by atoms with E-state index in [2.05, 4.69) is 5.10 Å². The van der Waals surface area contributed by atoms with Gasteiger partial charge in [0.15, 0.2) is 5.78 Å². The van der Waals surface area contributed by atoms with Crippen LogP contribution >= 0.6 is 11.6 Å². The Morgan fingerprint density at radius 3 is 2.67 bits per heavy atom. The van der Waals surface area contributed by atoms with Crippen molar-refractivity contribution in [2.24, 2.45) is 12.8 Å². The van der Waals surface area contributed by atoms with Crippen LogP contribution in [0, 0.1) is 6.92 Å². The maximum atomic E-state index is 12.3. The summed E-state index contributed by atoms with van der Waals surface area (Å²) in [7, 11) is 1.79. The van der Waals surface area contributed by atoms with Crippen LogP contribution in [0.3, 0.4) is 0 Å². The SMILES string of the molecule is Cc1nn(C)c(CC(=O)C2(N)CCOCC2)c1Cl. The monoisotopic (exact) mass is 271 g/mol. The van der Waals surface area contributed by atoms with E-state index in [-0.39, 0.29) is 12.2 Å². The molecule has 6 heteroatoms. The van der Waals surface area contributed by atoms with Crippen molar-refractivity contribution >= 4 is 17.4 Å². The molecule has 18 heavy (non-hydrogen) atoms. The van der Waals surface area contributed by atoms with Crippen molar-refractivity contribution in [1.82, 2.24) is 9.78 Å². The first-order valence-corrected chi connectivity index (χ1v) is 6.40. The summed E-state index contributed by atoms with van der Waals surface area (Å²) in [5.74, 6) is 0.00991. The molecule has 5 nitrogen and oxygen atoms in total. The summed E-state index contributed by atoms with van der Waals surface area (Å²) >= 11 is 6.14. The van der Waals surface area contributed by atoms with E-state index in [9.17, 15) is 4.79 Å². The fourth-order valence-corrected chi connectivity index (χ4v) is 2.44. The fraction of sp³-hybridized carbons (Fsp3) is 0.667. The lowest BCUT2D eigenvalue weighted by Crippen LogP contribution is -2.52. The Balaban J connectivity index is 2.16. The number of nitrogens with zero attached hydrogens (tertiary/aromatic N) is 2. The quantitative estimate of drug-likeness (QED) is 0.890. The normalized spacial score (nSPS) is 18.9. The predicted molar refractivity (Wildman–Crippen MR) is 68.6 cm³/mol. The molecule has 0 radical (unpaired) electrons. The van der Waals surface area contributed by atoms with Gasteiger partial charge in [-0.3, -0.25) is 9.48 Å². The second-order valence-electron chi connectivity index (χ2n) is 4.84. The number of aromatic nitrogens is 2. The summed E-state index contributed by atoms with van der Waals surface area (Å²) < 4.78 is 6.89. The molecule has 1 aromatic heterocycles. The number of ether oxygens (including phenoxy) is 1. The van der Waals surface area contributed by atoms with Crippen LogP contribution in [-0.4, -0.2) is 34.3 Å². The van der Waals surface area contributed by atoms with Gasteiger partial charge in [-0.1, -0.05) is 11.6 Å². The molecule has 0 atom stereocenters. The number of hydrogen-bond acceptors (Lipinski definition) is 4. The highest BCUT2D eigenvalue weighted by Crippen LogP contribution is 2.24. The molecule has 0 aromatic carbocycles. The summed E-state index contributed by atoms with van der Waals surface area (Å²) in [4.78, 5) is 12.3. The van der Waals surface area contributed by atoms with Crippen molar-refractivity contribution in [2.45, 2.75) is 31.7 Å². The van der Waals surface area contributed by atoms with Crippen LogP contribution in [0.15, 0.2) is 0 Å². The van der Waals surface area contributed by atoms with Crippen LogP contribution in [0.25, 0.3) is 0 Å². The van der Waals surface area contributed by atoms with Gasteiger partial charge < -0.3 is 10.5 Å². The molecule has 0 unspecified atom stereocenters. The Bertz CT molecular complexity index is 464. The van der Waals surface area contributed by atoms with Crippen LogP contribution in [0.2, 0.25) is 5.02 Å². The smallest absolute Gasteiger partial charge is 0.158 e. The molecular weight excluding hydrogens is 254 g/mol. The van der Waals surface area contributed by atoms with E-state index in [1.54, 1.807) is 11.7 Å². The van der Waals surface area contributed by atoms with Gasteiger partial charge in [0.2, 0.25) is 0 Å². The first-order valence-electron chi connectivity index (χ1n) is 6.02. The number of nitrogens with two attached hydrogens (primary N) is 1. The Morgan fingerprint density at radius 2 is 2.17 bits per heavy atom. The maximum Gasteiger partial charge on any atom is 0.158 e. The zero-order valence-electron chi connectivity index (χ0n) is 10.7. The summed E-state index contributed by atoms with van der Waals surface area (Å²) in [6.45, 7) is 2.91. The molecule has 1 saturated heterocycles. The van der Waals surface area contributed by atoms with Crippen LogP contribution in [-0.2, 0) is 23.0 Å². The standard InChI is InChI=1S/C12H18ClN3O2/c1-8-11(13)9(16(2)15-8)7-10(17)12(14)3-5-18-6-4-12/h3-7,14H2,1-2H3. The van der Waals surface area contributed by atoms with E-state index < -0.39 is 5.54 Å². The van der Waals surface area contributed by atoms with Crippen molar-refractivity contribution in [1.29, 1.82) is 0 Å². The Kier molecular flexibility index (Phi) is 3.75. The summed E-state index contributed by atoms with van der Waals surface area (Å²) in [5, 5.41) is 4.76. The number of carbonyl (C=O) groups excluding carboxylic acids is 1. The van der Waals surface area contributed by atoms with Crippen molar-refractivity contribution in [3.8, 4) is 0 Å². The van der Waals surface area contributed by atoms with E-state index in [0.717, 1.165) is 11.4 Å². The predicted octanol–water partition coefficient (Wildman–Crippen LogP) is 1.00. The highest BCUT2D eigenvalue weighted by Gasteiger charge is 2.36. The molecule has 0 bridgehead atoms. The number of halogens is 1. The zero-order chi connectivity index (χ0) is 13.3. The van der Waals surface area contributed by atoms with Gasteiger partial charge in [-0.2, -0.15) is 5.10 Å². The number of aryl methyl sites for hydroxylation is 2. The minimum absolute atomic E-state index is 0.00991. The minimum atomic E-state index is -0.778. The Morgan fingerprint density at radius 1 is 1.56 bits per heavy atom. The molecule has 2 rings (SSSR count). The Hall–Kier alpha value is -0.910. The maximum absolute atomic E-state index is 12.3. The minimum Gasteiger partial charge on any atom is -0.381 e. The molecule has 1 aliphatic rings. The third-order valence-electron chi connectivity index (χ3n) is 3.53. The van der Waals surface area contributed by atoms with E-state index >= 15 is 0 Å². The van der Waals surface area contributed by atoms with Crippen molar-refractivity contribution in [2.75, 3.05) is 13.2 Å². The van der Waals surface area contributed by atoms with Crippen LogP contribution in [0.4, 0.5) is 0 Å². The number of Topliss-reactive ketones (excluding diaryl/α,β-unsaturated/α-hetero) is 1. The molecule has 1 aliphatic heterocycles. The first-order chi connectivity index (χ1) is 8.44. The van der Waals surface area contributed by atoms with Gasteiger partial charge >= 0.3 is 0 Å². The molecule has 1 fully saturated rings. The Labute approximate surface area is 111 Å². The first kappa shape index (κ1) is 13.5. The third-order valence-corrected chi connectivity index (χ3v) is 4.02. The molecule has 0 spiro atoms. The van der Waals surface area contributed by atoms with Crippen LogP contribution < -0.4 is 5.73 Å². The number of ketones is 1. The topological polar surface area (TPSA) is 70.1 Å². The highest BCUT2D eigenvalue weighted by atomic mass is 35.5. The van der Waals surface area contributed by atoms with E-state index in [0.29, 0.717) is 31.1 Å². The van der Waals surface area contributed by atoms with Crippen molar-refractivity contribution in [3.63, 3.8) is 0 Å². The molecule has 2 N–H and O–H groups in total. The second-order valence-corrected chi connectivity index (χ2v) is 5.22. The van der Waals surface area contributed by atoms with E-state index in [1.807, 2.05) is 6.92 Å². The van der Waals surface area contributed by atoms with Gasteiger partial charge in [0.1, 0.15) is 0 Å². The largest absolute Gasteiger partial charge is 0.381 e. The lowest BCUT2D eigenvalue weighted by molar-refractivity contribution is -0.127. The second kappa shape index (κ2) is 4.99. The van der Waals surface area contributed by atoms with Gasteiger partial charge in [0.25, 0.3) is 0 Å². The van der Waals surface area contributed by atoms with Gasteiger partial charge in [-0.15, -0.1) is 0 Å². The van der Waals surface area contributed by atoms with E-state index in [1.165, 1.54) is 0 Å². The summed E-state index contributed by atoms with van der Waals surface area (Å²) in [6.07, 6.45) is 1.37. The molecule has 1 aromatic rings. The molecule has 0 saturated carbocycles. The third kappa shape index (κ3) is 2.43. The van der Waals surface area contributed by atoms with E-state index in [4.69, 9.17) is 22.1 Å². The lowest BCUT2D eigenvalue weighted by atomic mass is 9.85. The summed E-state index contributed by atoms with van der Waals surface area (Å²) in [5.41, 5.74) is 6.85. The van der Waals surface area contributed by atoms with Gasteiger partial charge in [-0.25, -0.2) is 0 Å². The lowest BCUT2D eigenvalue weighted by Gasteiger charge is -2.31. The number of hydrogen-bond donors (Lipinski definition) is 1. The van der Waals surface area contributed by atoms with Crippen LogP contribution in [0.5, 0.6) is 0 Å². The highest BCUT2D eigenvalue weighted by molar-refractivity contribution is 6.32. The average molecular weight is 272 g/mol. The zero-order valence-corrected chi connectivity index (χ0v) is 11.5. The van der Waals surface area contributed by atoms with Gasteiger partial charge in [0.05, 0.1) is 28.4 Å². The fourth-order valence-electron chi connectivity index (χ4n) is 2.21. The van der Waals surface area contributed by atoms with Crippen molar-refractivity contribution < 1.29 is 9.53 Å². The molecule has 0 amide bonds. The van der Waals surface area contributed by atoms with Gasteiger partial charge in [0, 0.05) is 20.3 Å². The van der Waals surface area contributed by atoms with Gasteiger partial charge in [-0.05, 0) is 19.8 Å². The van der Waals surface area contributed by atoms with Crippen LogP contribution in [0.1, 0.15) is 24.2 Å².